The molecular weight excluding hydrogens is 1090 g/mol. The molecule has 4 aromatic rings. The Bertz CT molecular complexity index is 1580. The van der Waals surface area contributed by atoms with Crippen molar-refractivity contribution in [3.63, 3.8) is 0 Å². The first-order valence-electron chi connectivity index (χ1n) is 14.0. The predicted molar refractivity (Wildman–Crippen MR) is 186 cm³/mol. The molecule has 0 atom stereocenters. The number of benzene rings is 4. The highest BCUT2D eigenvalue weighted by Crippen LogP contribution is 2.64. The van der Waals surface area contributed by atoms with Crippen molar-refractivity contribution >= 4 is 70.4 Å². The Kier molecular flexibility index (Phi) is 15.2. The third-order valence-electron chi connectivity index (χ3n) is 6.93. The van der Waals surface area contributed by atoms with Gasteiger partial charge in [0, 0.05) is 36.0 Å². The summed E-state index contributed by atoms with van der Waals surface area (Å²) in [6.07, 6.45) is -7.74. The van der Waals surface area contributed by atoms with Crippen molar-refractivity contribution in [1.29, 1.82) is 0 Å². The van der Waals surface area contributed by atoms with Crippen molar-refractivity contribution in [2.45, 2.75) is 52.6 Å². The third-order valence-corrected chi connectivity index (χ3v) is 9.20. The average Bonchev–Trinajstić information content (AvgIpc) is 3.05. The fourth-order valence-electron chi connectivity index (χ4n) is 3.82. The molecule has 298 valence electrons. The van der Waals surface area contributed by atoms with E-state index in [0.29, 0.717) is 0 Å². The first kappa shape index (κ1) is 48.0. The molecule has 0 bridgehead atoms. The lowest BCUT2D eigenvalue weighted by atomic mass is 9.91. The molecular formula is C33H19Br3F17I. The lowest BCUT2D eigenvalue weighted by molar-refractivity contribution is -0.457. The number of rotatable bonds is 8. The molecule has 0 nitrogen and oxygen atoms in total. The van der Waals surface area contributed by atoms with Gasteiger partial charge in [0.2, 0.25) is 0 Å². The summed E-state index contributed by atoms with van der Waals surface area (Å²) in [4.78, 5) is 0. The van der Waals surface area contributed by atoms with E-state index in [1.165, 1.54) is 27.8 Å². The summed E-state index contributed by atoms with van der Waals surface area (Å²) in [5.41, 5.74) is 6.29. The summed E-state index contributed by atoms with van der Waals surface area (Å²) in [6, 6.07) is 33.6. The highest BCUT2D eigenvalue weighted by molar-refractivity contribution is 14.1. The van der Waals surface area contributed by atoms with Crippen molar-refractivity contribution in [3.8, 4) is 22.3 Å². The van der Waals surface area contributed by atoms with E-state index in [4.69, 9.17) is 0 Å². The van der Waals surface area contributed by atoms with Crippen LogP contribution in [0.3, 0.4) is 0 Å². The van der Waals surface area contributed by atoms with Gasteiger partial charge in [0.25, 0.3) is 0 Å². The molecule has 0 fully saturated rings. The number of hydrogen-bond acceptors (Lipinski definition) is 0. The molecule has 0 aliphatic carbocycles. The van der Waals surface area contributed by atoms with Crippen LogP contribution in [-0.2, 0) is 0 Å². The molecule has 54 heavy (non-hydrogen) atoms. The monoisotopic (exact) mass is 1100 g/mol. The van der Waals surface area contributed by atoms with Crippen LogP contribution in [0, 0.1) is 6.92 Å². The molecule has 4 aromatic carbocycles. The van der Waals surface area contributed by atoms with Crippen molar-refractivity contribution in [3.05, 3.63) is 116 Å². The van der Waals surface area contributed by atoms with E-state index >= 15 is 0 Å². The smallest absolute Gasteiger partial charge is 0.192 e. The maximum atomic E-state index is 12.9. The first-order valence-corrected chi connectivity index (χ1v) is 17.5. The van der Waals surface area contributed by atoms with Gasteiger partial charge < -0.3 is 0 Å². The summed E-state index contributed by atoms with van der Waals surface area (Å²) in [6.45, 7) is 2.10. The molecule has 0 radical (unpaired) electrons. The second kappa shape index (κ2) is 17.2. The highest BCUT2D eigenvalue weighted by Gasteiger charge is 2.95. The summed E-state index contributed by atoms with van der Waals surface area (Å²) < 4.78 is 210. The summed E-state index contributed by atoms with van der Waals surface area (Å²) >= 11 is 9.28. The van der Waals surface area contributed by atoms with Gasteiger partial charge in [-0.2, -0.15) is 74.6 Å². The zero-order valence-corrected chi connectivity index (χ0v) is 33.1. The van der Waals surface area contributed by atoms with Crippen LogP contribution in [0.25, 0.3) is 22.3 Å². The van der Waals surface area contributed by atoms with Crippen LogP contribution in [0.1, 0.15) is 5.56 Å². The largest absolute Gasteiger partial charge is 0.460 e. The van der Waals surface area contributed by atoms with Gasteiger partial charge in [0.1, 0.15) is 0 Å². The third kappa shape index (κ3) is 10.0. The van der Waals surface area contributed by atoms with Gasteiger partial charge in [0.15, 0.2) is 0 Å². The van der Waals surface area contributed by atoms with Gasteiger partial charge in [0.05, 0.1) is 0 Å². The second-order valence-electron chi connectivity index (χ2n) is 10.8. The highest BCUT2D eigenvalue weighted by atomic mass is 127. The minimum absolute atomic E-state index is 0.994. The molecule has 0 aliphatic heterocycles. The number of alkyl halides is 18. The molecule has 0 amide bonds. The van der Waals surface area contributed by atoms with Crippen molar-refractivity contribution in [1.82, 2.24) is 0 Å². The van der Waals surface area contributed by atoms with Crippen LogP contribution in [0.5, 0.6) is 0 Å². The molecule has 4 rings (SSSR count). The van der Waals surface area contributed by atoms with Crippen molar-refractivity contribution < 1.29 is 74.6 Å². The van der Waals surface area contributed by atoms with E-state index in [9.17, 15) is 74.6 Å². The SMILES string of the molecule is Brc1ccc(-c2ccc(Br)cc2)cc1.Cc1ccc(-c2ccc(Br)cc2)cc1.FC(F)(F)C(F)(F)C(F)(F)C(F)(F)C(F)(F)C(F)(F)C(F)(F)C(F)(F)I. The molecule has 0 aliphatic rings. The van der Waals surface area contributed by atoms with E-state index in [0.717, 1.165) is 13.4 Å². The zero-order valence-electron chi connectivity index (χ0n) is 26.2. The summed E-state index contributed by atoms with van der Waals surface area (Å²) in [5.74, 6) is -49.4. The standard InChI is InChI=1S/C13H11Br.C12H8Br2.C8F17I/c1-10-2-4-11(5-3-10)12-6-8-13(14)9-7-12;13-11-5-1-9(2-6-11)10-3-7-12(14)8-4-10;9-1(10,3(13,14)5(17,18)7(21,22)23)2(11,12)4(15,16)6(19,20)8(24,25)26/h2-9H,1H3;1-8H;. The summed E-state index contributed by atoms with van der Waals surface area (Å²) in [5, 5.41) is 0. The van der Waals surface area contributed by atoms with Crippen LogP contribution >= 0.6 is 70.4 Å². The molecule has 0 heterocycles. The Balaban J connectivity index is 0.000000301. The minimum atomic E-state index is -8.56. The molecule has 0 saturated carbocycles. The minimum Gasteiger partial charge on any atom is -0.192 e. The van der Waals surface area contributed by atoms with E-state index in [-0.39, 0.29) is 0 Å². The van der Waals surface area contributed by atoms with Crippen LogP contribution in [0.2, 0.25) is 0 Å². The molecule has 0 unspecified atom stereocenters. The fourth-order valence-corrected chi connectivity index (χ4v) is 4.95. The normalized spacial score (nSPS) is 13.4. The lowest BCUT2D eigenvalue weighted by Gasteiger charge is -2.42. The van der Waals surface area contributed by atoms with Gasteiger partial charge in [-0.25, -0.2) is 0 Å². The average molecular weight is 1110 g/mol. The Morgan fingerprint density at radius 2 is 0.537 bits per heavy atom. The van der Waals surface area contributed by atoms with Gasteiger partial charge in [-0.15, -0.1) is 0 Å². The van der Waals surface area contributed by atoms with Crippen LogP contribution < -0.4 is 0 Å². The van der Waals surface area contributed by atoms with E-state index in [2.05, 4.69) is 152 Å². The van der Waals surface area contributed by atoms with Crippen molar-refractivity contribution in [2.24, 2.45) is 0 Å². The lowest BCUT2D eigenvalue weighted by Crippen LogP contribution is -2.74. The van der Waals surface area contributed by atoms with Crippen LogP contribution in [-0.4, -0.2) is 45.6 Å². The van der Waals surface area contributed by atoms with E-state index < -0.39 is 68.2 Å². The number of halogens is 21. The Hall–Kier alpha value is -2.14. The van der Waals surface area contributed by atoms with Crippen LogP contribution in [0.15, 0.2) is 110 Å². The maximum Gasteiger partial charge on any atom is 0.460 e. The van der Waals surface area contributed by atoms with E-state index in [1.807, 2.05) is 0 Å². The Labute approximate surface area is 334 Å². The number of hydrogen-bond donors (Lipinski definition) is 0. The summed E-state index contributed by atoms with van der Waals surface area (Å²) in [7, 11) is 0. The van der Waals surface area contributed by atoms with Gasteiger partial charge in [-0.3, -0.25) is 0 Å². The van der Waals surface area contributed by atoms with Crippen molar-refractivity contribution in [2.75, 3.05) is 0 Å². The van der Waals surface area contributed by atoms with Gasteiger partial charge in [-0.05, 0) is 65.6 Å². The predicted octanol–water partition coefficient (Wildman–Crippen LogP) is 15.7. The zero-order chi connectivity index (χ0) is 41.9. The van der Waals surface area contributed by atoms with Gasteiger partial charge in [-0.1, -0.05) is 114 Å². The van der Waals surface area contributed by atoms with Crippen LogP contribution in [0.4, 0.5) is 74.6 Å². The van der Waals surface area contributed by atoms with Gasteiger partial charge >= 0.3 is 45.6 Å². The van der Waals surface area contributed by atoms with E-state index in [1.54, 1.807) is 0 Å². The molecule has 0 saturated heterocycles. The number of aryl methyl sites for hydroxylation is 1. The Morgan fingerprint density at radius 1 is 0.333 bits per heavy atom. The molecule has 21 heteroatoms. The fraction of sp³-hybridized carbons (Fsp3) is 0.273. The molecule has 0 aromatic heterocycles. The Morgan fingerprint density at radius 3 is 0.759 bits per heavy atom. The second-order valence-corrected chi connectivity index (χ2v) is 14.9. The molecule has 0 N–H and O–H groups in total. The molecule has 0 spiro atoms. The maximum absolute atomic E-state index is 12.9. The topological polar surface area (TPSA) is 0 Å². The quantitative estimate of drug-likeness (QED) is 0.0937. The first-order chi connectivity index (χ1) is 24.3.